The molecule has 2 aromatic rings. The van der Waals surface area contributed by atoms with Crippen LogP contribution >= 0.6 is 15.9 Å². The molecule has 0 aliphatic rings. The highest BCUT2D eigenvalue weighted by atomic mass is 79.9. The molecule has 62 valence electrons. The average molecular weight is 229 g/mol. The number of benzene rings is 1. The van der Waals surface area contributed by atoms with Gasteiger partial charge in [-0.05, 0) is 28.1 Å². The molecule has 1 aromatic heterocycles. The van der Waals surface area contributed by atoms with Crippen molar-refractivity contribution in [1.82, 2.24) is 9.78 Å². The molecule has 0 unspecified atom stereocenters. The van der Waals surface area contributed by atoms with E-state index in [0.717, 1.165) is 5.39 Å². The van der Waals surface area contributed by atoms with Crippen LogP contribution in [0, 0.1) is 5.82 Å². The van der Waals surface area contributed by atoms with Crippen molar-refractivity contribution >= 4 is 26.8 Å². The second-order valence-corrected chi connectivity index (χ2v) is 3.30. The third-order valence-electron chi connectivity index (χ3n) is 1.77. The molecule has 0 atom stereocenters. The van der Waals surface area contributed by atoms with Gasteiger partial charge in [0.1, 0.15) is 15.9 Å². The molecule has 0 spiro atoms. The van der Waals surface area contributed by atoms with E-state index in [1.165, 1.54) is 10.7 Å². The molecule has 0 aliphatic heterocycles. The fourth-order valence-corrected chi connectivity index (χ4v) is 1.80. The molecule has 0 saturated carbocycles. The van der Waals surface area contributed by atoms with Crippen molar-refractivity contribution in [1.29, 1.82) is 0 Å². The Morgan fingerprint density at radius 1 is 1.50 bits per heavy atom. The smallest absolute Gasteiger partial charge is 0.149 e. The third-order valence-corrected chi connectivity index (χ3v) is 2.36. The van der Waals surface area contributed by atoms with Gasteiger partial charge < -0.3 is 0 Å². The minimum absolute atomic E-state index is 0.242. The van der Waals surface area contributed by atoms with Crippen LogP contribution in [0.1, 0.15) is 0 Å². The standard InChI is InChI=1S/C8H6BrFN2/c1-12-7-5(8(9)11-12)3-2-4-6(7)10/h2-4H,1H3. The molecular formula is C8H6BrFN2. The third kappa shape index (κ3) is 0.948. The van der Waals surface area contributed by atoms with Gasteiger partial charge in [0, 0.05) is 12.4 Å². The summed E-state index contributed by atoms with van der Waals surface area (Å²) < 4.78 is 15.4. The topological polar surface area (TPSA) is 17.8 Å². The van der Waals surface area contributed by atoms with Crippen molar-refractivity contribution in [2.75, 3.05) is 0 Å². The molecule has 0 N–H and O–H groups in total. The van der Waals surface area contributed by atoms with Crippen LogP contribution in [-0.4, -0.2) is 9.78 Å². The monoisotopic (exact) mass is 228 g/mol. The molecule has 0 saturated heterocycles. The number of aryl methyl sites for hydroxylation is 1. The first kappa shape index (κ1) is 7.73. The van der Waals surface area contributed by atoms with Crippen molar-refractivity contribution in [2.24, 2.45) is 7.05 Å². The Balaban J connectivity index is 2.99. The van der Waals surface area contributed by atoms with Gasteiger partial charge in [-0.3, -0.25) is 4.68 Å². The summed E-state index contributed by atoms with van der Waals surface area (Å²) in [7, 11) is 1.72. The van der Waals surface area contributed by atoms with Crippen LogP contribution in [0.25, 0.3) is 10.9 Å². The molecule has 4 heteroatoms. The lowest BCUT2D eigenvalue weighted by Crippen LogP contribution is -1.91. The van der Waals surface area contributed by atoms with Gasteiger partial charge in [-0.25, -0.2) is 4.39 Å². The maximum absolute atomic E-state index is 13.2. The van der Waals surface area contributed by atoms with Gasteiger partial charge in [-0.2, -0.15) is 5.10 Å². The number of hydrogen-bond acceptors (Lipinski definition) is 1. The Hall–Kier alpha value is -0.900. The zero-order valence-electron chi connectivity index (χ0n) is 6.38. The number of nitrogens with zero attached hydrogens (tertiary/aromatic N) is 2. The number of rotatable bonds is 0. The minimum atomic E-state index is -0.242. The number of aromatic nitrogens is 2. The summed E-state index contributed by atoms with van der Waals surface area (Å²) in [6, 6.07) is 4.93. The predicted octanol–water partition coefficient (Wildman–Crippen LogP) is 2.47. The van der Waals surface area contributed by atoms with Crippen LogP contribution in [0.15, 0.2) is 22.8 Å². The molecule has 2 rings (SSSR count). The molecule has 1 heterocycles. The van der Waals surface area contributed by atoms with Gasteiger partial charge in [-0.15, -0.1) is 0 Å². The van der Waals surface area contributed by atoms with E-state index in [-0.39, 0.29) is 5.82 Å². The van der Waals surface area contributed by atoms with E-state index in [1.807, 2.05) is 6.07 Å². The van der Waals surface area contributed by atoms with Gasteiger partial charge in [0.2, 0.25) is 0 Å². The van der Waals surface area contributed by atoms with Gasteiger partial charge in [0.25, 0.3) is 0 Å². The summed E-state index contributed by atoms with van der Waals surface area (Å²) in [5, 5.41) is 4.85. The van der Waals surface area contributed by atoms with E-state index < -0.39 is 0 Å². The fraction of sp³-hybridized carbons (Fsp3) is 0.125. The number of halogens is 2. The zero-order valence-corrected chi connectivity index (χ0v) is 7.97. The fourth-order valence-electron chi connectivity index (χ4n) is 1.25. The Morgan fingerprint density at radius 2 is 2.25 bits per heavy atom. The van der Waals surface area contributed by atoms with Crippen molar-refractivity contribution in [3.63, 3.8) is 0 Å². The molecule has 1 aromatic carbocycles. The number of hydrogen-bond donors (Lipinski definition) is 0. The Kier molecular flexibility index (Phi) is 1.65. The van der Waals surface area contributed by atoms with Crippen LogP contribution in [0.2, 0.25) is 0 Å². The van der Waals surface area contributed by atoms with Gasteiger partial charge >= 0.3 is 0 Å². The number of para-hydroxylation sites is 1. The van der Waals surface area contributed by atoms with Gasteiger partial charge in [-0.1, -0.05) is 6.07 Å². The predicted molar refractivity (Wildman–Crippen MR) is 48.4 cm³/mol. The molecule has 0 bridgehead atoms. The molecule has 0 aliphatic carbocycles. The first-order valence-corrected chi connectivity index (χ1v) is 4.26. The van der Waals surface area contributed by atoms with Gasteiger partial charge in [0.05, 0.1) is 0 Å². The lowest BCUT2D eigenvalue weighted by molar-refractivity contribution is 0.625. The van der Waals surface area contributed by atoms with Crippen LogP contribution in [0.3, 0.4) is 0 Å². The summed E-state index contributed by atoms with van der Waals surface area (Å²) >= 11 is 3.25. The maximum Gasteiger partial charge on any atom is 0.149 e. The Morgan fingerprint density at radius 3 is 2.92 bits per heavy atom. The van der Waals surface area contributed by atoms with Crippen molar-refractivity contribution in [2.45, 2.75) is 0 Å². The molecular weight excluding hydrogens is 223 g/mol. The summed E-state index contributed by atoms with van der Waals surface area (Å²) in [4.78, 5) is 0. The zero-order chi connectivity index (χ0) is 8.72. The quantitative estimate of drug-likeness (QED) is 0.678. The molecule has 0 radical (unpaired) electrons. The van der Waals surface area contributed by atoms with Crippen LogP contribution in [0.4, 0.5) is 4.39 Å². The molecule has 0 amide bonds. The normalized spacial score (nSPS) is 10.9. The first-order chi connectivity index (χ1) is 5.70. The van der Waals surface area contributed by atoms with E-state index in [1.54, 1.807) is 13.1 Å². The molecule has 2 nitrogen and oxygen atoms in total. The Labute approximate surface area is 77.1 Å². The summed E-state index contributed by atoms with van der Waals surface area (Å²) in [5.41, 5.74) is 0.532. The van der Waals surface area contributed by atoms with Crippen LogP contribution < -0.4 is 0 Å². The summed E-state index contributed by atoms with van der Waals surface area (Å²) in [6.45, 7) is 0. The van der Waals surface area contributed by atoms with Crippen LogP contribution in [0.5, 0.6) is 0 Å². The van der Waals surface area contributed by atoms with E-state index in [2.05, 4.69) is 21.0 Å². The van der Waals surface area contributed by atoms with E-state index in [9.17, 15) is 4.39 Å². The highest BCUT2D eigenvalue weighted by Crippen LogP contribution is 2.24. The average Bonchev–Trinajstić information content (AvgIpc) is 2.29. The van der Waals surface area contributed by atoms with E-state index >= 15 is 0 Å². The second-order valence-electron chi connectivity index (χ2n) is 2.55. The van der Waals surface area contributed by atoms with Crippen molar-refractivity contribution in [3.05, 3.63) is 28.6 Å². The molecule has 0 fully saturated rings. The largest absolute Gasteiger partial charge is 0.264 e. The van der Waals surface area contributed by atoms with Crippen molar-refractivity contribution in [3.8, 4) is 0 Å². The Bertz CT molecular complexity index is 436. The highest BCUT2D eigenvalue weighted by Gasteiger charge is 2.08. The SMILES string of the molecule is Cn1nc(Br)c2cccc(F)c21. The first-order valence-electron chi connectivity index (χ1n) is 3.47. The summed E-state index contributed by atoms with van der Waals surface area (Å²) in [5.74, 6) is -0.242. The lowest BCUT2D eigenvalue weighted by Gasteiger charge is -1.93. The van der Waals surface area contributed by atoms with E-state index in [0.29, 0.717) is 10.1 Å². The highest BCUT2D eigenvalue weighted by molar-refractivity contribution is 9.10. The molecule has 12 heavy (non-hydrogen) atoms. The summed E-state index contributed by atoms with van der Waals surface area (Å²) in [6.07, 6.45) is 0. The minimum Gasteiger partial charge on any atom is -0.264 e. The van der Waals surface area contributed by atoms with Crippen molar-refractivity contribution < 1.29 is 4.39 Å². The lowest BCUT2D eigenvalue weighted by atomic mass is 10.2. The second kappa shape index (κ2) is 2.55. The number of fused-ring (bicyclic) bond motifs is 1. The van der Waals surface area contributed by atoms with Gasteiger partial charge in [0.15, 0.2) is 0 Å². The van der Waals surface area contributed by atoms with E-state index in [4.69, 9.17) is 0 Å². The van der Waals surface area contributed by atoms with Crippen LogP contribution in [-0.2, 0) is 7.05 Å². The maximum atomic E-state index is 13.2.